The summed E-state index contributed by atoms with van der Waals surface area (Å²) in [7, 11) is 1.66. The van der Waals surface area contributed by atoms with Crippen LogP contribution in [-0.4, -0.2) is 23.7 Å². The molecule has 1 amide bonds. The molecule has 1 aliphatic heterocycles. The molecule has 1 fully saturated rings. The van der Waals surface area contributed by atoms with Gasteiger partial charge in [0.05, 0.1) is 18.9 Å². The van der Waals surface area contributed by atoms with Gasteiger partial charge in [0.25, 0.3) is 0 Å². The van der Waals surface area contributed by atoms with Gasteiger partial charge in [0.1, 0.15) is 5.75 Å². The van der Waals surface area contributed by atoms with E-state index in [0.29, 0.717) is 0 Å². The van der Waals surface area contributed by atoms with Gasteiger partial charge in [-0.25, -0.2) is 5.01 Å². The van der Waals surface area contributed by atoms with Crippen molar-refractivity contribution in [3.63, 3.8) is 0 Å². The Morgan fingerprint density at radius 3 is 2.37 bits per heavy atom. The minimum Gasteiger partial charge on any atom is -0.497 e. The first kappa shape index (κ1) is 17.8. The Labute approximate surface area is 160 Å². The van der Waals surface area contributed by atoms with Crippen LogP contribution in [0.1, 0.15) is 55.7 Å². The van der Waals surface area contributed by atoms with E-state index in [4.69, 9.17) is 9.84 Å². The van der Waals surface area contributed by atoms with E-state index < -0.39 is 0 Å². The Morgan fingerprint density at radius 2 is 1.70 bits per heavy atom. The van der Waals surface area contributed by atoms with Crippen LogP contribution >= 0.6 is 0 Å². The predicted molar refractivity (Wildman–Crippen MR) is 107 cm³/mol. The number of nitrogens with zero attached hydrogens (tertiary/aromatic N) is 2. The highest BCUT2D eigenvalue weighted by atomic mass is 16.5. The fourth-order valence-electron chi connectivity index (χ4n) is 4.14. The fraction of sp³-hybridized carbons (Fsp3) is 0.391. The van der Waals surface area contributed by atoms with E-state index in [9.17, 15) is 4.79 Å². The second kappa shape index (κ2) is 7.95. The summed E-state index contributed by atoms with van der Waals surface area (Å²) in [5, 5.41) is 6.58. The molecular weight excluding hydrogens is 336 g/mol. The number of carbonyl (C=O) groups is 1. The molecule has 1 atom stereocenters. The third-order valence-corrected chi connectivity index (χ3v) is 5.70. The molecule has 1 heterocycles. The summed E-state index contributed by atoms with van der Waals surface area (Å²) in [6, 6.07) is 18.2. The molecule has 0 aromatic heterocycles. The Bertz CT molecular complexity index is 808. The minimum absolute atomic E-state index is 0.0160. The maximum absolute atomic E-state index is 13.3. The molecule has 0 radical (unpaired) electrons. The van der Waals surface area contributed by atoms with Gasteiger partial charge >= 0.3 is 0 Å². The number of hydrogen-bond donors (Lipinski definition) is 0. The SMILES string of the molecule is COc1ccc(C2=NN(C(=O)C3CCCCC3)C(c3ccccc3)C2)cc1. The molecule has 2 aromatic carbocycles. The van der Waals surface area contributed by atoms with Gasteiger partial charge in [-0.3, -0.25) is 4.79 Å². The van der Waals surface area contributed by atoms with Crippen LogP contribution in [0.15, 0.2) is 59.7 Å². The van der Waals surface area contributed by atoms with Crippen molar-refractivity contribution in [1.29, 1.82) is 0 Å². The van der Waals surface area contributed by atoms with Crippen LogP contribution in [0.3, 0.4) is 0 Å². The minimum atomic E-state index is -0.0160. The zero-order valence-corrected chi connectivity index (χ0v) is 15.8. The normalized spacial score (nSPS) is 20.4. The summed E-state index contributed by atoms with van der Waals surface area (Å²) in [6.45, 7) is 0. The molecule has 0 spiro atoms. The van der Waals surface area contributed by atoms with Crippen molar-refractivity contribution in [3.05, 3.63) is 65.7 Å². The topological polar surface area (TPSA) is 41.9 Å². The molecule has 140 valence electrons. The first-order valence-corrected chi connectivity index (χ1v) is 9.86. The quantitative estimate of drug-likeness (QED) is 0.772. The van der Waals surface area contributed by atoms with Crippen molar-refractivity contribution in [3.8, 4) is 5.75 Å². The molecule has 2 aliphatic rings. The molecule has 1 saturated carbocycles. The van der Waals surface area contributed by atoms with Crippen LogP contribution in [0.5, 0.6) is 5.75 Å². The van der Waals surface area contributed by atoms with Crippen molar-refractivity contribution in [1.82, 2.24) is 5.01 Å². The summed E-state index contributed by atoms with van der Waals surface area (Å²) in [5.41, 5.74) is 3.17. The standard InChI is InChI=1S/C23H26N2O2/c1-27-20-14-12-17(13-15-20)21-16-22(18-8-4-2-5-9-18)25(24-21)23(26)19-10-6-3-7-11-19/h2,4-5,8-9,12-15,19,22H,3,6-7,10-11,16H2,1H3. The van der Waals surface area contributed by atoms with Gasteiger partial charge in [-0.2, -0.15) is 5.10 Å². The number of carbonyl (C=O) groups excluding carboxylic acids is 1. The van der Waals surface area contributed by atoms with E-state index in [1.807, 2.05) is 42.5 Å². The van der Waals surface area contributed by atoms with Crippen molar-refractivity contribution in [2.45, 2.75) is 44.6 Å². The average molecular weight is 362 g/mol. The molecule has 4 heteroatoms. The number of ether oxygens (including phenoxy) is 1. The first-order chi connectivity index (χ1) is 13.3. The molecule has 0 saturated heterocycles. The van der Waals surface area contributed by atoms with E-state index in [2.05, 4.69) is 12.1 Å². The van der Waals surface area contributed by atoms with E-state index >= 15 is 0 Å². The van der Waals surface area contributed by atoms with Crippen LogP contribution in [0.25, 0.3) is 0 Å². The molecule has 2 aromatic rings. The van der Waals surface area contributed by atoms with E-state index in [1.165, 1.54) is 6.42 Å². The maximum atomic E-state index is 13.3. The van der Waals surface area contributed by atoms with E-state index in [-0.39, 0.29) is 17.9 Å². The lowest BCUT2D eigenvalue weighted by Gasteiger charge is -2.28. The molecule has 4 rings (SSSR count). The van der Waals surface area contributed by atoms with Crippen molar-refractivity contribution in [2.75, 3.05) is 7.11 Å². The fourth-order valence-corrected chi connectivity index (χ4v) is 4.14. The zero-order valence-electron chi connectivity index (χ0n) is 15.8. The Kier molecular flexibility index (Phi) is 5.23. The lowest BCUT2D eigenvalue weighted by Crippen LogP contribution is -2.33. The highest BCUT2D eigenvalue weighted by Gasteiger charge is 2.36. The van der Waals surface area contributed by atoms with Gasteiger partial charge in [-0.1, -0.05) is 49.6 Å². The summed E-state index contributed by atoms with van der Waals surface area (Å²) in [4.78, 5) is 13.3. The molecule has 27 heavy (non-hydrogen) atoms. The number of hydrogen-bond acceptors (Lipinski definition) is 3. The van der Waals surface area contributed by atoms with Crippen LogP contribution in [0.4, 0.5) is 0 Å². The highest BCUT2D eigenvalue weighted by Crippen LogP contribution is 2.36. The maximum Gasteiger partial charge on any atom is 0.246 e. The summed E-state index contributed by atoms with van der Waals surface area (Å²) in [6.07, 6.45) is 6.26. The Hall–Kier alpha value is -2.62. The molecular formula is C23H26N2O2. The largest absolute Gasteiger partial charge is 0.497 e. The lowest BCUT2D eigenvalue weighted by atomic mass is 9.88. The van der Waals surface area contributed by atoms with Gasteiger partial charge < -0.3 is 4.74 Å². The third kappa shape index (κ3) is 3.75. The second-order valence-corrected chi connectivity index (χ2v) is 7.42. The smallest absolute Gasteiger partial charge is 0.246 e. The number of methoxy groups -OCH3 is 1. The average Bonchev–Trinajstić information content (AvgIpc) is 3.20. The van der Waals surface area contributed by atoms with Gasteiger partial charge in [-0.15, -0.1) is 0 Å². The van der Waals surface area contributed by atoms with Crippen LogP contribution < -0.4 is 4.74 Å². The van der Waals surface area contributed by atoms with Crippen molar-refractivity contribution in [2.24, 2.45) is 11.0 Å². The number of benzene rings is 2. The number of rotatable bonds is 4. The second-order valence-electron chi connectivity index (χ2n) is 7.42. The predicted octanol–water partition coefficient (Wildman–Crippen LogP) is 4.95. The van der Waals surface area contributed by atoms with E-state index in [1.54, 1.807) is 12.1 Å². The van der Waals surface area contributed by atoms with Gasteiger partial charge in [0.15, 0.2) is 0 Å². The van der Waals surface area contributed by atoms with Gasteiger partial charge in [0.2, 0.25) is 5.91 Å². The van der Waals surface area contributed by atoms with Gasteiger partial charge in [0, 0.05) is 12.3 Å². The molecule has 0 bridgehead atoms. The molecule has 4 nitrogen and oxygen atoms in total. The monoisotopic (exact) mass is 362 g/mol. The van der Waals surface area contributed by atoms with Crippen LogP contribution in [0.2, 0.25) is 0 Å². The summed E-state index contributed by atoms with van der Waals surface area (Å²) < 4.78 is 5.26. The molecule has 1 aliphatic carbocycles. The van der Waals surface area contributed by atoms with Crippen molar-refractivity contribution >= 4 is 11.6 Å². The van der Waals surface area contributed by atoms with Crippen molar-refractivity contribution < 1.29 is 9.53 Å². The molecule has 0 N–H and O–H groups in total. The van der Waals surface area contributed by atoms with Gasteiger partial charge in [-0.05, 0) is 48.2 Å². The summed E-state index contributed by atoms with van der Waals surface area (Å²) >= 11 is 0. The third-order valence-electron chi connectivity index (χ3n) is 5.70. The van der Waals surface area contributed by atoms with Crippen LogP contribution in [-0.2, 0) is 4.79 Å². The van der Waals surface area contributed by atoms with Crippen LogP contribution in [0, 0.1) is 5.92 Å². The number of amides is 1. The highest BCUT2D eigenvalue weighted by molar-refractivity contribution is 6.03. The lowest BCUT2D eigenvalue weighted by molar-refractivity contribution is -0.138. The zero-order chi connectivity index (χ0) is 18.6. The molecule has 1 unspecified atom stereocenters. The van der Waals surface area contributed by atoms with E-state index in [0.717, 1.165) is 54.7 Å². The number of hydrazone groups is 1. The Morgan fingerprint density at radius 1 is 1.00 bits per heavy atom. The first-order valence-electron chi connectivity index (χ1n) is 9.86. The summed E-state index contributed by atoms with van der Waals surface area (Å²) in [5.74, 6) is 1.13. The Balaban J connectivity index is 1.64.